The van der Waals surface area contributed by atoms with Crippen molar-refractivity contribution in [3.8, 4) is 44.5 Å². The third-order valence-electron chi connectivity index (χ3n) is 14.6. The molecule has 13 rings (SSSR count). The summed E-state index contributed by atoms with van der Waals surface area (Å²) in [5, 5.41) is 2.25. The quantitative estimate of drug-likeness (QED) is 0.159. The van der Waals surface area contributed by atoms with Gasteiger partial charge in [0, 0.05) is 38.8 Å². The van der Waals surface area contributed by atoms with Crippen LogP contribution in [0.25, 0.3) is 66.4 Å². The lowest BCUT2D eigenvalue weighted by Gasteiger charge is -2.34. The summed E-state index contributed by atoms with van der Waals surface area (Å²) < 4.78 is 6.97. The molecule has 0 N–H and O–H groups in total. The maximum Gasteiger partial charge on any atom is 0.143 e. The van der Waals surface area contributed by atoms with Gasteiger partial charge in [0.2, 0.25) is 0 Å². The number of hydrogen-bond donors (Lipinski definition) is 0. The van der Waals surface area contributed by atoms with Crippen LogP contribution in [0.1, 0.15) is 47.2 Å². The van der Waals surface area contributed by atoms with Crippen molar-refractivity contribution >= 4 is 39.0 Å². The van der Waals surface area contributed by atoms with Crippen molar-refractivity contribution in [1.29, 1.82) is 0 Å². The third-order valence-corrected chi connectivity index (χ3v) is 14.6. The monoisotopic (exact) mass is 843 g/mol. The van der Waals surface area contributed by atoms with Crippen molar-refractivity contribution in [2.75, 3.05) is 4.90 Å². The summed E-state index contributed by atoms with van der Waals surface area (Å²) in [6, 6.07) is 86.9. The van der Waals surface area contributed by atoms with E-state index in [2.05, 4.69) is 255 Å². The van der Waals surface area contributed by atoms with Crippen LogP contribution in [0.15, 0.2) is 241 Å². The number of rotatable bonds is 7. The average molecular weight is 844 g/mol. The fourth-order valence-electron chi connectivity index (χ4n) is 11.5. The minimum absolute atomic E-state index is 0.157. The molecule has 2 heteroatoms. The van der Waals surface area contributed by atoms with Gasteiger partial charge in [-0.05, 0) is 121 Å². The van der Waals surface area contributed by atoms with Gasteiger partial charge < -0.3 is 9.32 Å². The molecule has 0 aliphatic heterocycles. The number of hydrogen-bond acceptors (Lipinski definition) is 2. The van der Waals surface area contributed by atoms with E-state index < -0.39 is 5.41 Å². The Labute approximate surface area is 385 Å². The van der Waals surface area contributed by atoms with E-state index in [-0.39, 0.29) is 5.41 Å². The summed E-state index contributed by atoms with van der Waals surface area (Å²) in [5.74, 6) is 0. The van der Waals surface area contributed by atoms with Gasteiger partial charge in [0.15, 0.2) is 0 Å². The first-order valence-corrected chi connectivity index (χ1v) is 23.0. The smallest absolute Gasteiger partial charge is 0.143 e. The number of nitrogens with zero attached hydrogens (tertiary/aromatic N) is 1. The Balaban J connectivity index is 1.04. The number of benzene rings is 10. The lowest BCUT2D eigenvalue weighted by atomic mass is 9.67. The Morgan fingerprint density at radius 1 is 0.348 bits per heavy atom. The van der Waals surface area contributed by atoms with E-state index in [1.54, 1.807) is 0 Å². The molecule has 2 aliphatic rings. The highest BCUT2D eigenvalue weighted by atomic mass is 16.3. The topological polar surface area (TPSA) is 16.4 Å². The highest BCUT2D eigenvalue weighted by Crippen LogP contribution is 2.60. The molecule has 0 bridgehead atoms. The van der Waals surface area contributed by atoms with Gasteiger partial charge in [-0.2, -0.15) is 0 Å². The maximum atomic E-state index is 6.97. The van der Waals surface area contributed by atoms with E-state index in [9.17, 15) is 0 Å². The molecule has 312 valence electrons. The molecule has 0 amide bonds. The fourth-order valence-corrected chi connectivity index (χ4v) is 11.5. The molecule has 0 saturated heterocycles. The van der Waals surface area contributed by atoms with Gasteiger partial charge in [-0.1, -0.05) is 202 Å². The van der Waals surface area contributed by atoms with Crippen molar-refractivity contribution in [3.05, 3.63) is 270 Å². The molecule has 0 atom stereocenters. The Morgan fingerprint density at radius 3 is 1.65 bits per heavy atom. The van der Waals surface area contributed by atoms with Crippen LogP contribution in [0.5, 0.6) is 0 Å². The summed E-state index contributed by atoms with van der Waals surface area (Å²) >= 11 is 0. The molecule has 2 aliphatic carbocycles. The first-order chi connectivity index (χ1) is 32.5. The zero-order chi connectivity index (χ0) is 44.0. The van der Waals surface area contributed by atoms with E-state index in [0.29, 0.717) is 0 Å². The van der Waals surface area contributed by atoms with E-state index in [1.165, 1.54) is 72.3 Å². The van der Waals surface area contributed by atoms with Crippen molar-refractivity contribution in [2.24, 2.45) is 0 Å². The average Bonchev–Trinajstić information content (AvgIpc) is 3.98. The minimum atomic E-state index is -0.580. The van der Waals surface area contributed by atoms with Crippen molar-refractivity contribution in [1.82, 2.24) is 0 Å². The third kappa shape index (κ3) is 5.61. The first kappa shape index (κ1) is 38.3. The SMILES string of the molecule is CC1(C)c2ccccc2-c2ccc(N(c3ccc(-c4cccc(-c5ccccc5)c4)cc3)c3ccc4c(c3)-c3c(ccc5c3oc3ccccc35)C4(c3ccccc3)c3ccccc3)cc21. The molecule has 2 nitrogen and oxygen atoms in total. The van der Waals surface area contributed by atoms with E-state index in [0.717, 1.165) is 44.6 Å². The van der Waals surface area contributed by atoms with Crippen molar-refractivity contribution in [2.45, 2.75) is 24.7 Å². The molecule has 0 radical (unpaired) electrons. The summed E-state index contributed by atoms with van der Waals surface area (Å²) in [7, 11) is 0. The van der Waals surface area contributed by atoms with Crippen LogP contribution in [0.3, 0.4) is 0 Å². The molecule has 0 unspecified atom stereocenters. The predicted molar refractivity (Wildman–Crippen MR) is 274 cm³/mol. The molecule has 66 heavy (non-hydrogen) atoms. The molecule has 1 aromatic heterocycles. The van der Waals surface area contributed by atoms with Crippen LogP contribution >= 0.6 is 0 Å². The Kier molecular flexibility index (Phi) is 8.51. The summed E-state index contributed by atoms with van der Waals surface area (Å²) in [5.41, 5.74) is 21.7. The van der Waals surface area contributed by atoms with Crippen LogP contribution in [-0.2, 0) is 10.8 Å². The van der Waals surface area contributed by atoms with Gasteiger partial charge in [0.05, 0.1) is 5.41 Å². The highest BCUT2D eigenvalue weighted by Gasteiger charge is 2.48. The Bertz CT molecular complexity index is 3620. The molecule has 11 aromatic rings. The molecular weight excluding hydrogens is 799 g/mol. The fraction of sp³-hybridized carbons (Fsp3) is 0.0625. The Morgan fingerprint density at radius 2 is 0.909 bits per heavy atom. The van der Waals surface area contributed by atoms with Gasteiger partial charge in [-0.25, -0.2) is 0 Å². The van der Waals surface area contributed by atoms with Crippen LogP contribution in [-0.4, -0.2) is 0 Å². The van der Waals surface area contributed by atoms with Gasteiger partial charge >= 0.3 is 0 Å². The summed E-state index contributed by atoms with van der Waals surface area (Å²) in [4.78, 5) is 2.45. The normalized spacial score (nSPS) is 13.8. The van der Waals surface area contributed by atoms with Gasteiger partial charge in [0.1, 0.15) is 11.2 Å². The van der Waals surface area contributed by atoms with Crippen LogP contribution < -0.4 is 4.90 Å². The Hall–Kier alpha value is -8.20. The van der Waals surface area contributed by atoms with Gasteiger partial charge in [-0.15, -0.1) is 0 Å². The zero-order valence-corrected chi connectivity index (χ0v) is 36.9. The number of anilines is 3. The van der Waals surface area contributed by atoms with Crippen LogP contribution in [0, 0.1) is 0 Å². The number of furan rings is 1. The molecule has 10 aromatic carbocycles. The molecule has 0 spiro atoms. The van der Waals surface area contributed by atoms with Crippen molar-refractivity contribution in [3.63, 3.8) is 0 Å². The summed E-state index contributed by atoms with van der Waals surface area (Å²) in [6.07, 6.45) is 0. The minimum Gasteiger partial charge on any atom is -0.455 e. The lowest BCUT2D eigenvalue weighted by Crippen LogP contribution is -2.28. The highest BCUT2D eigenvalue weighted by molar-refractivity contribution is 6.12. The lowest BCUT2D eigenvalue weighted by molar-refractivity contribution is 0.660. The standard InChI is InChI=1S/C64H45NO/c1-63(2)56-27-14-12-25-51(56)52-35-33-50(41-59(52)63)65(48-31-29-43(30-32-48)45-20-16-19-44(39-45)42-17-6-3-7-18-42)49-34-37-57-55(40-49)61-58(38-36-54-53-26-13-15-28-60(53)66-62(54)61)64(57,46-21-8-4-9-22-46)47-23-10-5-11-24-47/h3-41H,1-2H3. The number of para-hydroxylation sites is 1. The van der Waals surface area contributed by atoms with Crippen LogP contribution in [0.4, 0.5) is 17.1 Å². The first-order valence-electron chi connectivity index (χ1n) is 23.0. The largest absolute Gasteiger partial charge is 0.455 e. The second-order valence-electron chi connectivity index (χ2n) is 18.4. The van der Waals surface area contributed by atoms with Gasteiger partial charge in [-0.3, -0.25) is 0 Å². The van der Waals surface area contributed by atoms with Crippen LogP contribution in [0.2, 0.25) is 0 Å². The maximum absolute atomic E-state index is 6.97. The number of fused-ring (bicyclic) bond motifs is 10. The van der Waals surface area contributed by atoms with Crippen molar-refractivity contribution < 1.29 is 4.42 Å². The molecular formula is C64H45NO. The van der Waals surface area contributed by atoms with E-state index in [4.69, 9.17) is 4.42 Å². The van der Waals surface area contributed by atoms with E-state index >= 15 is 0 Å². The molecule has 0 saturated carbocycles. The molecule has 1 heterocycles. The van der Waals surface area contributed by atoms with E-state index in [1.807, 2.05) is 0 Å². The molecule has 0 fully saturated rings. The summed E-state index contributed by atoms with van der Waals surface area (Å²) in [6.45, 7) is 4.73. The second-order valence-corrected chi connectivity index (χ2v) is 18.4. The second kappa shape index (κ2) is 14.7. The predicted octanol–water partition coefficient (Wildman–Crippen LogP) is 17.1. The van der Waals surface area contributed by atoms with Gasteiger partial charge in [0.25, 0.3) is 0 Å². The zero-order valence-electron chi connectivity index (χ0n) is 36.9.